The molecule has 1 atom stereocenters. The van der Waals surface area contributed by atoms with Gasteiger partial charge in [0, 0.05) is 33.4 Å². The van der Waals surface area contributed by atoms with Gasteiger partial charge in [0.05, 0.1) is 23.2 Å². The number of nitrogens with one attached hydrogen (secondary N) is 1. The van der Waals surface area contributed by atoms with Crippen LogP contribution in [-0.4, -0.2) is 39.8 Å². The average molecular weight is 286 g/mol. The van der Waals surface area contributed by atoms with Gasteiger partial charge < -0.3 is 20.7 Å². The number of rotatable bonds is 6. The van der Waals surface area contributed by atoms with Crippen molar-refractivity contribution < 1.29 is 9.53 Å². The number of methoxy groups -OCH3 is 1. The molecule has 0 aromatic heterocycles. The van der Waals surface area contributed by atoms with Gasteiger partial charge >= 0.3 is 0 Å². The van der Waals surface area contributed by atoms with Crippen molar-refractivity contribution in [2.75, 3.05) is 38.0 Å². The first kappa shape index (κ1) is 15.8. The van der Waals surface area contributed by atoms with E-state index in [-0.39, 0.29) is 18.4 Å². The van der Waals surface area contributed by atoms with E-state index in [1.807, 2.05) is 31.1 Å². The predicted octanol–water partition coefficient (Wildman–Crippen LogP) is 1.71. The van der Waals surface area contributed by atoms with Gasteiger partial charge in [-0.2, -0.15) is 0 Å². The maximum atomic E-state index is 11.8. The Morgan fingerprint density at radius 1 is 1.53 bits per heavy atom. The fraction of sp³-hybridized carbons (Fsp3) is 0.462. The number of hydrogen-bond acceptors (Lipinski definition) is 4. The molecular weight excluding hydrogens is 266 g/mol. The van der Waals surface area contributed by atoms with E-state index >= 15 is 0 Å². The van der Waals surface area contributed by atoms with Gasteiger partial charge in [-0.15, -0.1) is 0 Å². The second-order valence-electron chi connectivity index (χ2n) is 4.41. The molecule has 0 saturated heterocycles. The lowest BCUT2D eigenvalue weighted by atomic mass is 10.2. The summed E-state index contributed by atoms with van der Waals surface area (Å²) in [4.78, 5) is 13.7. The Bertz CT molecular complexity index is 434. The zero-order valence-electron chi connectivity index (χ0n) is 11.4. The molecule has 0 aliphatic heterocycles. The number of nitrogens with two attached hydrogens (primary N) is 1. The van der Waals surface area contributed by atoms with Crippen LogP contribution in [0.25, 0.3) is 0 Å². The van der Waals surface area contributed by atoms with E-state index in [1.165, 1.54) is 7.11 Å². The third-order valence-electron chi connectivity index (χ3n) is 2.72. The van der Waals surface area contributed by atoms with Crippen LogP contribution in [0.2, 0.25) is 5.02 Å². The zero-order valence-corrected chi connectivity index (χ0v) is 12.2. The van der Waals surface area contributed by atoms with Crippen LogP contribution in [0.5, 0.6) is 0 Å². The Balaban J connectivity index is 2.67. The highest BCUT2D eigenvalue weighted by Gasteiger charge is 2.12. The molecule has 0 radical (unpaired) electrons. The molecule has 6 heteroatoms. The summed E-state index contributed by atoms with van der Waals surface area (Å²) in [6, 6.07) is 5.39. The smallest absolute Gasteiger partial charge is 0.227 e. The summed E-state index contributed by atoms with van der Waals surface area (Å²) in [6.07, 6.45) is -0.0448. The molecule has 0 spiro atoms. The van der Waals surface area contributed by atoms with E-state index in [9.17, 15) is 4.79 Å². The summed E-state index contributed by atoms with van der Waals surface area (Å²) in [5.74, 6) is -0.147. The van der Waals surface area contributed by atoms with Crippen molar-refractivity contribution >= 4 is 28.9 Å². The quantitative estimate of drug-likeness (QED) is 0.835. The molecule has 0 aliphatic rings. The maximum absolute atomic E-state index is 11.8. The summed E-state index contributed by atoms with van der Waals surface area (Å²) in [6.45, 7) is 0.310. The van der Waals surface area contributed by atoms with Crippen molar-refractivity contribution in [3.05, 3.63) is 23.2 Å². The van der Waals surface area contributed by atoms with Crippen molar-refractivity contribution in [3.8, 4) is 0 Å². The largest absolute Gasteiger partial charge is 0.380 e. The van der Waals surface area contributed by atoms with Crippen molar-refractivity contribution in [1.29, 1.82) is 0 Å². The topological polar surface area (TPSA) is 67.6 Å². The molecule has 0 bridgehead atoms. The Kier molecular flexibility index (Phi) is 6.08. The minimum absolute atomic E-state index is 0.147. The van der Waals surface area contributed by atoms with Gasteiger partial charge in [-0.05, 0) is 18.2 Å². The molecule has 1 rings (SSSR count). The van der Waals surface area contributed by atoms with Gasteiger partial charge in [-0.25, -0.2) is 0 Å². The Labute approximate surface area is 118 Å². The fourth-order valence-electron chi connectivity index (χ4n) is 1.63. The Morgan fingerprint density at radius 3 is 2.68 bits per heavy atom. The first-order valence-corrected chi connectivity index (χ1v) is 6.35. The zero-order chi connectivity index (χ0) is 14.4. The van der Waals surface area contributed by atoms with Crippen LogP contribution >= 0.6 is 11.6 Å². The second kappa shape index (κ2) is 7.33. The first-order valence-electron chi connectivity index (χ1n) is 5.97. The van der Waals surface area contributed by atoms with E-state index in [1.54, 1.807) is 6.07 Å². The van der Waals surface area contributed by atoms with E-state index in [2.05, 4.69) is 5.32 Å². The summed E-state index contributed by atoms with van der Waals surface area (Å²) < 4.78 is 5.06. The van der Waals surface area contributed by atoms with Gasteiger partial charge in [0.15, 0.2) is 0 Å². The van der Waals surface area contributed by atoms with Crippen LogP contribution in [0.3, 0.4) is 0 Å². The Morgan fingerprint density at radius 2 is 2.21 bits per heavy atom. The fourth-order valence-corrected chi connectivity index (χ4v) is 1.98. The third kappa shape index (κ3) is 4.70. The SMILES string of the molecule is COC(CN)CC(=O)Nc1ccc(N(C)C)c(Cl)c1. The normalized spacial score (nSPS) is 12.1. The number of halogens is 1. The van der Waals surface area contributed by atoms with Gasteiger partial charge in [0.25, 0.3) is 0 Å². The summed E-state index contributed by atoms with van der Waals surface area (Å²) in [5, 5.41) is 3.36. The molecule has 1 unspecified atom stereocenters. The van der Waals surface area contributed by atoms with Gasteiger partial charge in [-0.1, -0.05) is 11.6 Å². The molecular formula is C13H20ClN3O2. The highest BCUT2D eigenvalue weighted by Crippen LogP contribution is 2.27. The van der Waals surface area contributed by atoms with Crippen molar-refractivity contribution in [3.63, 3.8) is 0 Å². The van der Waals surface area contributed by atoms with E-state index in [4.69, 9.17) is 22.1 Å². The lowest BCUT2D eigenvalue weighted by molar-refractivity contribution is -0.118. The number of carbonyl (C=O) groups excluding carboxylic acids is 1. The highest BCUT2D eigenvalue weighted by molar-refractivity contribution is 6.33. The number of hydrogen-bond donors (Lipinski definition) is 2. The van der Waals surface area contributed by atoms with Crippen molar-refractivity contribution in [1.82, 2.24) is 0 Å². The third-order valence-corrected chi connectivity index (χ3v) is 3.03. The standard InChI is InChI=1S/C13H20ClN3O2/c1-17(2)12-5-4-9(6-11(12)14)16-13(18)7-10(8-15)19-3/h4-6,10H,7-8,15H2,1-3H3,(H,16,18). The van der Waals surface area contributed by atoms with Crippen molar-refractivity contribution in [2.45, 2.75) is 12.5 Å². The first-order chi connectivity index (χ1) is 8.97. The highest BCUT2D eigenvalue weighted by atomic mass is 35.5. The maximum Gasteiger partial charge on any atom is 0.227 e. The molecule has 0 aliphatic carbocycles. The van der Waals surface area contributed by atoms with Crippen LogP contribution in [-0.2, 0) is 9.53 Å². The number of nitrogens with zero attached hydrogens (tertiary/aromatic N) is 1. The van der Waals surface area contributed by atoms with Gasteiger partial charge in [0.2, 0.25) is 5.91 Å². The number of benzene rings is 1. The molecule has 5 nitrogen and oxygen atoms in total. The minimum Gasteiger partial charge on any atom is -0.380 e. The number of ether oxygens (including phenoxy) is 1. The Hall–Kier alpha value is -1.30. The second-order valence-corrected chi connectivity index (χ2v) is 4.81. The van der Waals surface area contributed by atoms with Crippen LogP contribution in [0.4, 0.5) is 11.4 Å². The molecule has 0 fully saturated rings. The van der Waals surface area contributed by atoms with E-state index < -0.39 is 0 Å². The van der Waals surface area contributed by atoms with Crippen LogP contribution in [0.1, 0.15) is 6.42 Å². The predicted molar refractivity (Wildman–Crippen MR) is 78.9 cm³/mol. The molecule has 1 aromatic carbocycles. The van der Waals surface area contributed by atoms with Gasteiger partial charge in [-0.3, -0.25) is 4.79 Å². The van der Waals surface area contributed by atoms with Crippen LogP contribution in [0, 0.1) is 0 Å². The number of amides is 1. The van der Waals surface area contributed by atoms with Gasteiger partial charge in [0.1, 0.15) is 0 Å². The monoisotopic (exact) mass is 285 g/mol. The average Bonchev–Trinajstić information content (AvgIpc) is 2.35. The number of carbonyl (C=O) groups is 1. The summed E-state index contributed by atoms with van der Waals surface area (Å²) in [7, 11) is 5.35. The lowest BCUT2D eigenvalue weighted by Gasteiger charge is -2.16. The molecule has 0 saturated carbocycles. The van der Waals surface area contributed by atoms with E-state index in [0.29, 0.717) is 17.3 Å². The van der Waals surface area contributed by atoms with E-state index in [0.717, 1.165) is 5.69 Å². The molecule has 1 aromatic rings. The molecule has 0 heterocycles. The molecule has 19 heavy (non-hydrogen) atoms. The molecule has 106 valence electrons. The summed E-state index contributed by atoms with van der Waals surface area (Å²) >= 11 is 6.13. The number of anilines is 2. The molecule has 3 N–H and O–H groups in total. The minimum atomic E-state index is -0.267. The molecule has 1 amide bonds. The van der Waals surface area contributed by atoms with Crippen molar-refractivity contribution in [2.24, 2.45) is 5.73 Å². The van der Waals surface area contributed by atoms with Crippen LogP contribution < -0.4 is 16.0 Å². The summed E-state index contributed by atoms with van der Waals surface area (Å²) in [5.41, 5.74) is 7.03. The lowest BCUT2D eigenvalue weighted by Crippen LogP contribution is -2.28. The van der Waals surface area contributed by atoms with Crippen LogP contribution in [0.15, 0.2) is 18.2 Å².